The molecule has 5 heteroatoms. The fourth-order valence-electron chi connectivity index (χ4n) is 1.73. The molecule has 1 fully saturated rings. The maximum atomic E-state index is 12.0. The van der Waals surface area contributed by atoms with Crippen LogP contribution in [0.4, 0.5) is 0 Å². The predicted octanol–water partition coefficient (Wildman–Crippen LogP) is 0.930. The summed E-state index contributed by atoms with van der Waals surface area (Å²) in [6, 6.07) is 1.94. The molecule has 1 aromatic rings. The van der Waals surface area contributed by atoms with Crippen LogP contribution >= 0.6 is 11.3 Å². The van der Waals surface area contributed by atoms with Crippen LogP contribution in [0.25, 0.3) is 0 Å². The molecule has 1 amide bonds. The number of likely N-dealkylation sites (tertiary alicyclic amines) is 1. The SMILES string of the molecule is COc1ccsc1C(=O)N1CCC(N)C1. The van der Waals surface area contributed by atoms with Crippen LogP contribution in [0.3, 0.4) is 0 Å². The third-order valence-electron chi connectivity index (χ3n) is 2.56. The van der Waals surface area contributed by atoms with Gasteiger partial charge in [0.05, 0.1) is 7.11 Å². The molecule has 0 aliphatic carbocycles. The summed E-state index contributed by atoms with van der Waals surface area (Å²) in [6.07, 6.45) is 0.888. The van der Waals surface area contributed by atoms with Gasteiger partial charge in [-0.1, -0.05) is 0 Å². The minimum atomic E-state index is 0.0369. The Morgan fingerprint density at radius 2 is 2.53 bits per heavy atom. The predicted molar refractivity (Wildman–Crippen MR) is 59.4 cm³/mol. The zero-order valence-corrected chi connectivity index (χ0v) is 9.42. The molecule has 0 aromatic carbocycles. The highest BCUT2D eigenvalue weighted by Crippen LogP contribution is 2.26. The number of thiophene rings is 1. The van der Waals surface area contributed by atoms with Crippen molar-refractivity contribution in [1.82, 2.24) is 4.90 Å². The maximum Gasteiger partial charge on any atom is 0.267 e. The summed E-state index contributed by atoms with van der Waals surface area (Å²) in [5.41, 5.74) is 5.77. The molecule has 4 nitrogen and oxygen atoms in total. The van der Waals surface area contributed by atoms with Crippen LogP contribution in [0, 0.1) is 0 Å². The van der Waals surface area contributed by atoms with E-state index in [-0.39, 0.29) is 11.9 Å². The summed E-state index contributed by atoms with van der Waals surface area (Å²) in [6.45, 7) is 1.40. The summed E-state index contributed by atoms with van der Waals surface area (Å²) in [5, 5.41) is 1.86. The Labute approximate surface area is 92.6 Å². The van der Waals surface area contributed by atoms with Gasteiger partial charge in [-0.25, -0.2) is 0 Å². The summed E-state index contributed by atoms with van der Waals surface area (Å²) in [4.78, 5) is 14.5. The fraction of sp³-hybridized carbons (Fsp3) is 0.500. The fourth-order valence-corrected chi connectivity index (χ4v) is 2.55. The number of carbonyl (C=O) groups excluding carboxylic acids is 1. The molecule has 0 saturated carbocycles. The highest BCUT2D eigenvalue weighted by Gasteiger charge is 2.27. The number of carbonyl (C=O) groups is 1. The lowest BCUT2D eigenvalue weighted by Crippen LogP contribution is -2.31. The maximum absolute atomic E-state index is 12.0. The van der Waals surface area contributed by atoms with Crippen molar-refractivity contribution in [3.05, 3.63) is 16.3 Å². The molecule has 1 aliphatic heterocycles. The molecule has 2 N–H and O–H groups in total. The van der Waals surface area contributed by atoms with Gasteiger partial charge in [0.2, 0.25) is 0 Å². The van der Waals surface area contributed by atoms with Crippen molar-refractivity contribution in [2.24, 2.45) is 5.73 Å². The van der Waals surface area contributed by atoms with Crippen LogP contribution in [-0.2, 0) is 0 Å². The van der Waals surface area contributed by atoms with Gasteiger partial charge in [-0.05, 0) is 17.9 Å². The molecule has 1 aromatic heterocycles. The number of hydrogen-bond acceptors (Lipinski definition) is 4. The van der Waals surface area contributed by atoms with E-state index in [1.807, 2.05) is 11.4 Å². The molecule has 1 aliphatic rings. The molecule has 0 bridgehead atoms. The molecular weight excluding hydrogens is 212 g/mol. The Balaban J connectivity index is 2.14. The second-order valence-electron chi connectivity index (χ2n) is 3.62. The van der Waals surface area contributed by atoms with Gasteiger partial charge < -0.3 is 15.4 Å². The largest absolute Gasteiger partial charge is 0.495 e. The molecule has 2 heterocycles. The first kappa shape index (κ1) is 10.4. The van der Waals surface area contributed by atoms with Gasteiger partial charge in [0.25, 0.3) is 5.91 Å². The highest BCUT2D eigenvalue weighted by molar-refractivity contribution is 7.12. The average Bonchev–Trinajstić information content (AvgIpc) is 2.84. The summed E-state index contributed by atoms with van der Waals surface area (Å²) >= 11 is 1.41. The molecule has 0 spiro atoms. The van der Waals surface area contributed by atoms with Crippen molar-refractivity contribution in [3.63, 3.8) is 0 Å². The molecule has 15 heavy (non-hydrogen) atoms. The minimum absolute atomic E-state index is 0.0369. The Kier molecular flexibility index (Phi) is 2.93. The first-order chi connectivity index (χ1) is 7.22. The summed E-state index contributed by atoms with van der Waals surface area (Å²) in [5.74, 6) is 0.695. The summed E-state index contributed by atoms with van der Waals surface area (Å²) < 4.78 is 5.12. The standard InChI is InChI=1S/C10H14N2O2S/c1-14-8-3-5-15-9(8)10(13)12-4-2-7(11)6-12/h3,5,7H,2,4,6,11H2,1H3. The second kappa shape index (κ2) is 4.20. The number of ether oxygens (including phenoxy) is 1. The first-order valence-electron chi connectivity index (χ1n) is 4.88. The Morgan fingerprint density at radius 3 is 3.13 bits per heavy atom. The smallest absolute Gasteiger partial charge is 0.267 e. The third-order valence-corrected chi connectivity index (χ3v) is 3.44. The highest BCUT2D eigenvalue weighted by atomic mass is 32.1. The van der Waals surface area contributed by atoms with Gasteiger partial charge in [0, 0.05) is 19.1 Å². The zero-order valence-electron chi connectivity index (χ0n) is 8.60. The number of rotatable bonds is 2. The number of methoxy groups -OCH3 is 1. The van der Waals surface area contributed by atoms with Gasteiger partial charge in [0.1, 0.15) is 10.6 Å². The molecule has 0 radical (unpaired) electrons. The van der Waals surface area contributed by atoms with Crippen LogP contribution in [0.1, 0.15) is 16.1 Å². The van der Waals surface area contributed by atoms with Crippen LogP contribution < -0.4 is 10.5 Å². The Morgan fingerprint density at radius 1 is 1.73 bits per heavy atom. The molecular formula is C10H14N2O2S. The lowest BCUT2D eigenvalue weighted by atomic mass is 10.3. The van der Waals surface area contributed by atoms with Crippen molar-refractivity contribution in [2.75, 3.05) is 20.2 Å². The number of nitrogens with two attached hydrogens (primary N) is 1. The van der Waals surface area contributed by atoms with E-state index in [4.69, 9.17) is 10.5 Å². The van der Waals surface area contributed by atoms with E-state index in [0.717, 1.165) is 13.0 Å². The second-order valence-corrected chi connectivity index (χ2v) is 4.53. The molecule has 1 saturated heterocycles. The van der Waals surface area contributed by atoms with Crippen molar-refractivity contribution >= 4 is 17.2 Å². The normalized spacial score (nSPS) is 20.7. The van der Waals surface area contributed by atoms with Gasteiger partial charge >= 0.3 is 0 Å². The monoisotopic (exact) mass is 226 g/mol. The number of amides is 1. The van der Waals surface area contributed by atoms with Crippen LogP contribution in [-0.4, -0.2) is 37.0 Å². The van der Waals surface area contributed by atoms with E-state index in [2.05, 4.69) is 0 Å². The lowest BCUT2D eigenvalue weighted by molar-refractivity contribution is 0.0792. The Bertz CT molecular complexity index is 364. The van der Waals surface area contributed by atoms with Crippen molar-refractivity contribution in [2.45, 2.75) is 12.5 Å². The van der Waals surface area contributed by atoms with Gasteiger partial charge in [0.15, 0.2) is 0 Å². The van der Waals surface area contributed by atoms with Crippen molar-refractivity contribution < 1.29 is 9.53 Å². The minimum Gasteiger partial charge on any atom is -0.495 e. The third kappa shape index (κ3) is 1.98. The lowest BCUT2D eigenvalue weighted by Gasteiger charge is -2.15. The van der Waals surface area contributed by atoms with Gasteiger partial charge in [-0.2, -0.15) is 0 Å². The van der Waals surface area contributed by atoms with Gasteiger partial charge in [-0.15, -0.1) is 11.3 Å². The van der Waals surface area contributed by atoms with Crippen molar-refractivity contribution in [3.8, 4) is 5.75 Å². The van der Waals surface area contributed by atoms with Crippen molar-refractivity contribution in [1.29, 1.82) is 0 Å². The number of nitrogens with zero attached hydrogens (tertiary/aromatic N) is 1. The molecule has 82 valence electrons. The zero-order chi connectivity index (χ0) is 10.8. The van der Waals surface area contributed by atoms with E-state index < -0.39 is 0 Å². The van der Waals surface area contributed by atoms with Crippen LogP contribution in [0.5, 0.6) is 5.75 Å². The van der Waals surface area contributed by atoms with Crippen LogP contribution in [0.2, 0.25) is 0 Å². The van der Waals surface area contributed by atoms with E-state index >= 15 is 0 Å². The Hall–Kier alpha value is -1.07. The van der Waals surface area contributed by atoms with Crippen LogP contribution in [0.15, 0.2) is 11.4 Å². The van der Waals surface area contributed by atoms with E-state index in [9.17, 15) is 4.79 Å². The first-order valence-corrected chi connectivity index (χ1v) is 5.76. The summed E-state index contributed by atoms with van der Waals surface area (Å²) in [7, 11) is 1.58. The quantitative estimate of drug-likeness (QED) is 0.816. The number of hydrogen-bond donors (Lipinski definition) is 1. The van der Waals surface area contributed by atoms with E-state index in [1.54, 1.807) is 12.0 Å². The molecule has 1 unspecified atom stereocenters. The molecule has 1 atom stereocenters. The van der Waals surface area contributed by atoms with E-state index in [0.29, 0.717) is 17.2 Å². The topological polar surface area (TPSA) is 55.6 Å². The average molecular weight is 226 g/mol. The molecule has 2 rings (SSSR count). The van der Waals surface area contributed by atoms with Gasteiger partial charge in [-0.3, -0.25) is 4.79 Å². The van der Waals surface area contributed by atoms with E-state index in [1.165, 1.54) is 11.3 Å².